The monoisotopic (exact) mass is 514 g/mol. The fourth-order valence-corrected chi connectivity index (χ4v) is 5.35. The van der Waals surface area contributed by atoms with Gasteiger partial charge in [0, 0.05) is 5.56 Å². The minimum Gasteiger partial charge on any atom is -0.507 e. The second kappa shape index (κ2) is 9.99. The number of Topliss-reactive ketones (excluding diaryl/α,β-unsaturated/α-hetero) is 1. The number of aromatic nitrogens is 1. The van der Waals surface area contributed by atoms with E-state index in [4.69, 9.17) is 4.74 Å². The third kappa shape index (κ3) is 4.51. The molecular formula is C29H23FN2O4S. The SMILES string of the molecule is C=CCOc1ccc([C@H]2C(=C(O)c3ccc(F)cc3)C(=O)C(=O)N2c2nc3ccc(CC)cc3s2)cc1. The highest BCUT2D eigenvalue weighted by atomic mass is 32.1. The minimum atomic E-state index is -0.940. The average Bonchev–Trinajstić information content (AvgIpc) is 3.45. The van der Waals surface area contributed by atoms with Gasteiger partial charge in [-0.05, 0) is 66.1 Å². The van der Waals surface area contributed by atoms with Gasteiger partial charge in [-0.15, -0.1) is 0 Å². The molecule has 0 radical (unpaired) electrons. The number of thiazole rings is 1. The predicted octanol–water partition coefficient (Wildman–Crippen LogP) is 6.19. The molecule has 1 amide bonds. The lowest BCUT2D eigenvalue weighted by molar-refractivity contribution is -0.132. The van der Waals surface area contributed by atoms with Crippen LogP contribution >= 0.6 is 11.3 Å². The predicted molar refractivity (Wildman–Crippen MR) is 142 cm³/mol. The van der Waals surface area contributed by atoms with Crippen molar-refractivity contribution >= 4 is 44.1 Å². The summed E-state index contributed by atoms with van der Waals surface area (Å²) in [4.78, 5) is 32.7. The molecule has 0 aliphatic carbocycles. The molecule has 2 heterocycles. The minimum absolute atomic E-state index is 0.0927. The molecule has 1 aliphatic heterocycles. The van der Waals surface area contributed by atoms with Crippen molar-refractivity contribution in [2.45, 2.75) is 19.4 Å². The van der Waals surface area contributed by atoms with Crippen LogP contribution in [0, 0.1) is 5.82 Å². The molecule has 1 fully saturated rings. The number of aliphatic hydroxyl groups excluding tert-OH is 1. The first kappa shape index (κ1) is 24.4. The number of ether oxygens (including phenoxy) is 1. The van der Waals surface area contributed by atoms with Crippen molar-refractivity contribution in [1.29, 1.82) is 0 Å². The quantitative estimate of drug-likeness (QED) is 0.138. The van der Waals surface area contributed by atoms with E-state index in [1.165, 1.54) is 40.5 Å². The van der Waals surface area contributed by atoms with Crippen molar-refractivity contribution in [3.8, 4) is 5.75 Å². The Morgan fingerprint density at radius 2 is 1.86 bits per heavy atom. The smallest absolute Gasteiger partial charge is 0.301 e. The van der Waals surface area contributed by atoms with E-state index < -0.39 is 23.5 Å². The summed E-state index contributed by atoms with van der Waals surface area (Å²) in [5.41, 5.74) is 2.57. The van der Waals surface area contributed by atoms with Gasteiger partial charge < -0.3 is 9.84 Å². The number of hydrogen-bond acceptors (Lipinski definition) is 6. The lowest BCUT2D eigenvalue weighted by Crippen LogP contribution is -2.29. The molecule has 1 aromatic heterocycles. The molecule has 0 saturated carbocycles. The molecule has 3 aromatic carbocycles. The van der Waals surface area contributed by atoms with Crippen molar-refractivity contribution in [3.05, 3.63) is 107 Å². The first-order valence-electron chi connectivity index (χ1n) is 11.7. The van der Waals surface area contributed by atoms with Crippen molar-refractivity contribution in [3.63, 3.8) is 0 Å². The summed E-state index contributed by atoms with van der Waals surface area (Å²) in [5, 5.41) is 11.5. The van der Waals surface area contributed by atoms with E-state index in [1.54, 1.807) is 30.3 Å². The number of aliphatic hydroxyl groups is 1. The number of nitrogens with zero attached hydrogens (tertiary/aromatic N) is 2. The summed E-state index contributed by atoms with van der Waals surface area (Å²) < 4.78 is 20.0. The fourth-order valence-electron chi connectivity index (χ4n) is 4.29. The number of ketones is 1. The number of rotatable bonds is 7. The lowest BCUT2D eigenvalue weighted by atomic mass is 9.95. The van der Waals surface area contributed by atoms with Gasteiger partial charge in [-0.2, -0.15) is 0 Å². The van der Waals surface area contributed by atoms with Gasteiger partial charge in [-0.3, -0.25) is 14.5 Å². The second-order valence-corrected chi connectivity index (χ2v) is 9.51. The first-order chi connectivity index (χ1) is 17.9. The molecule has 1 atom stereocenters. The zero-order chi connectivity index (χ0) is 26.1. The van der Waals surface area contributed by atoms with Crippen LogP contribution < -0.4 is 9.64 Å². The summed E-state index contributed by atoms with van der Waals surface area (Å²) in [6, 6.07) is 17.0. The number of aryl methyl sites for hydroxylation is 1. The van der Waals surface area contributed by atoms with E-state index in [-0.39, 0.29) is 16.9 Å². The number of fused-ring (bicyclic) bond motifs is 1. The number of halogens is 1. The Morgan fingerprint density at radius 1 is 1.14 bits per heavy atom. The van der Waals surface area contributed by atoms with E-state index in [0.29, 0.717) is 28.6 Å². The van der Waals surface area contributed by atoms with Gasteiger partial charge in [-0.1, -0.05) is 49.1 Å². The standard InChI is InChI=1S/C29H23FN2O4S/c1-3-15-36-21-12-8-18(9-13-21)25-24(26(33)19-6-10-20(30)11-7-19)27(34)28(35)32(25)29-31-22-14-5-17(4-2)16-23(22)37-29/h3,5-14,16,25,33H,1,4,15H2,2H3/t25-/m0/s1. The molecule has 37 heavy (non-hydrogen) atoms. The van der Waals surface area contributed by atoms with E-state index in [9.17, 15) is 19.1 Å². The summed E-state index contributed by atoms with van der Waals surface area (Å²) in [7, 11) is 0. The molecule has 5 rings (SSSR count). The highest BCUT2D eigenvalue weighted by Crippen LogP contribution is 2.44. The van der Waals surface area contributed by atoms with E-state index >= 15 is 0 Å². The molecule has 0 bridgehead atoms. The van der Waals surface area contributed by atoms with Crippen molar-refractivity contribution < 1.29 is 23.8 Å². The highest BCUT2D eigenvalue weighted by Gasteiger charge is 2.48. The van der Waals surface area contributed by atoms with Crippen LogP contribution in [0.5, 0.6) is 5.75 Å². The Balaban J connectivity index is 1.67. The zero-order valence-electron chi connectivity index (χ0n) is 20.0. The molecule has 8 heteroatoms. The lowest BCUT2D eigenvalue weighted by Gasteiger charge is -2.23. The van der Waals surface area contributed by atoms with Crippen LogP contribution in [0.25, 0.3) is 16.0 Å². The summed E-state index contributed by atoms with van der Waals surface area (Å²) >= 11 is 1.31. The van der Waals surface area contributed by atoms with E-state index in [1.807, 2.05) is 18.2 Å². The second-order valence-electron chi connectivity index (χ2n) is 8.50. The topological polar surface area (TPSA) is 79.7 Å². The Kier molecular flexibility index (Phi) is 6.58. The fraction of sp³-hybridized carbons (Fsp3) is 0.138. The molecule has 0 spiro atoms. The Morgan fingerprint density at radius 3 is 2.54 bits per heavy atom. The molecular weight excluding hydrogens is 491 g/mol. The Bertz CT molecular complexity index is 1540. The van der Waals surface area contributed by atoms with Crippen LogP contribution in [0.1, 0.15) is 29.7 Å². The highest BCUT2D eigenvalue weighted by molar-refractivity contribution is 7.22. The maximum absolute atomic E-state index is 13.5. The van der Waals surface area contributed by atoms with Crippen LogP contribution in [0.3, 0.4) is 0 Å². The maximum Gasteiger partial charge on any atom is 0.301 e. The summed E-state index contributed by atoms with van der Waals surface area (Å²) in [5.74, 6) is -1.91. The van der Waals surface area contributed by atoms with Crippen LogP contribution in [0.15, 0.2) is 85.0 Å². The Labute approximate surface area is 217 Å². The Hall–Kier alpha value is -4.30. The van der Waals surface area contributed by atoms with E-state index in [0.717, 1.165) is 16.7 Å². The first-order valence-corrected chi connectivity index (χ1v) is 12.5. The third-order valence-corrected chi connectivity index (χ3v) is 7.20. The molecule has 1 saturated heterocycles. The number of carbonyl (C=O) groups excluding carboxylic acids is 2. The molecule has 6 nitrogen and oxygen atoms in total. The van der Waals surface area contributed by atoms with Crippen molar-refractivity contribution in [2.24, 2.45) is 0 Å². The molecule has 186 valence electrons. The largest absolute Gasteiger partial charge is 0.507 e. The number of hydrogen-bond donors (Lipinski definition) is 1. The molecule has 0 unspecified atom stereocenters. The molecule has 1 aliphatic rings. The van der Waals surface area contributed by atoms with E-state index in [2.05, 4.69) is 18.5 Å². The maximum atomic E-state index is 13.5. The van der Waals surface area contributed by atoms with Gasteiger partial charge >= 0.3 is 5.91 Å². The zero-order valence-corrected chi connectivity index (χ0v) is 20.8. The number of anilines is 1. The van der Waals surface area contributed by atoms with Crippen LogP contribution in [-0.2, 0) is 16.0 Å². The molecule has 1 N–H and O–H groups in total. The third-order valence-electron chi connectivity index (χ3n) is 6.18. The van der Waals surface area contributed by atoms with Gasteiger partial charge in [0.25, 0.3) is 5.78 Å². The molecule has 4 aromatic rings. The average molecular weight is 515 g/mol. The number of carbonyl (C=O) groups is 2. The number of amides is 1. The van der Waals surface area contributed by atoms with Crippen LogP contribution in [0.4, 0.5) is 9.52 Å². The summed E-state index contributed by atoms with van der Waals surface area (Å²) in [6.07, 6.45) is 2.48. The van der Waals surface area contributed by atoms with Crippen molar-refractivity contribution in [2.75, 3.05) is 11.5 Å². The normalized spacial score (nSPS) is 16.9. The van der Waals surface area contributed by atoms with Crippen molar-refractivity contribution in [1.82, 2.24) is 4.98 Å². The van der Waals surface area contributed by atoms with Gasteiger partial charge in [0.15, 0.2) is 5.13 Å². The van der Waals surface area contributed by atoms with Crippen LogP contribution in [0.2, 0.25) is 0 Å². The van der Waals surface area contributed by atoms with Crippen LogP contribution in [-0.4, -0.2) is 28.4 Å². The van der Waals surface area contributed by atoms with Gasteiger partial charge in [0.2, 0.25) is 0 Å². The van der Waals surface area contributed by atoms with Gasteiger partial charge in [0.05, 0.1) is 21.8 Å². The van der Waals surface area contributed by atoms with Gasteiger partial charge in [0.1, 0.15) is 23.9 Å². The number of benzene rings is 3. The summed E-state index contributed by atoms with van der Waals surface area (Å²) in [6.45, 7) is 6.02. The van der Waals surface area contributed by atoms with Gasteiger partial charge in [-0.25, -0.2) is 9.37 Å².